The number of allylic oxidation sites excluding steroid dienone is 1. The lowest BCUT2D eigenvalue weighted by atomic mass is 10.1. The standard InChI is InChI=1S/C17H14O4S/c1-20-12-5-2-11(3-6-12)4-7-13(18)16-14(19)8-9-15-17(16)22-10-21-15/h2-9,19H,10H2,1H3/b7-4+. The maximum absolute atomic E-state index is 12.4. The van der Waals surface area contributed by atoms with Crippen LogP contribution in [-0.4, -0.2) is 23.9 Å². The lowest BCUT2D eigenvalue weighted by Crippen LogP contribution is -1.97. The number of fused-ring (bicyclic) bond motifs is 1. The summed E-state index contributed by atoms with van der Waals surface area (Å²) in [4.78, 5) is 13.1. The van der Waals surface area contributed by atoms with Crippen LogP contribution in [-0.2, 0) is 0 Å². The smallest absolute Gasteiger partial charge is 0.190 e. The highest BCUT2D eigenvalue weighted by atomic mass is 32.2. The average molecular weight is 314 g/mol. The monoisotopic (exact) mass is 314 g/mol. The molecule has 2 aromatic rings. The predicted molar refractivity (Wildman–Crippen MR) is 85.8 cm³/mol. The van der Waals surface area contributed by atoms with E-state index < -0.39 is 0 Å². The van der Waals surface area contributed by atoms with E-state index in [1.165, 1.54) is 23.9 Å². The molecule has 1 heterocycles. The first-order valence-electron chi connectivity index (χ1n) is 6.67. The van der Waals surface area contributed by atoms with Crippen molar-refractivity contribution in [3.8, 4) is 17.2 Å². The molecular weight excluding hydrogens is 300 g/mol. The van der Waals surface area contributed by atoms with Gasteiger partial charge in [-0.2, -0.15) is 0 Å². The van der Waals surface area contributed by atoms with E-state index in [2.05, 4.69) is 0 Å². The maximum Gasteiger partial charge on any atom is 0.190 e. The molecule has 0 saturated heterocycles. The number of thioether (sulfide) groups is 1. The van der Waals surface area contributed by atoms with E-state index in [4.69, 9.17) is 9.47 Å². The van der Waals surface area contributed by atoms with Gasteiger partial charge in [0.1, 0.15) is 23.2 Å². The molecule has 2 aromatic carbocycles. The largest absolute Gasteiger partial charge is 0.507 e. The van der Waals surface area contributed by atoms with Crippen LogP contribution in [0.4, 0.5) is 0 Å². The fraction of sp³-hybridized carbons (Fsp3) is 0.118. The number of ether oxygens (including phenoxy) is 2. The number of carbonyl (C=O) groups excluding carboxylic acids is 1. The molecule has 1 aliphatic heterocycles. The second-order valence-corrected chi connectivity index (χ2v) is 5.60. The van der Waals surface area contributed by atoms with Crippen molar-refractivity contribution >= 4 is 23.6 Å². The van der Waals surface area contributed by atoms with Gasteiger partial charge in [-0.25, -0.2) is 0 Å². The maximum atomic E-state index is 12.4. The first-order chi connectivity index (χ1) is 10.7. The zero-order valence-corrected chi connectivity index (χ0v) is 12.7. The summed E-state index contributed by atoms with van der Waals surface area (Å²) < 4.78 is 10.5. The second-order valence-electron chi connectivity index (χ2n) is 4.66. The van der Waals surface area contributed by atoms with Gasteiger partial charge < -0.3 is 14.6 Å². The number of ketones is 1. The number of carbonyl (C=O) groups is 1. The van der Waals surface area contributed by atoms with Gasteiger partial charge in [0.05, 0.1) is 17.6 Å². The van der Waals surface area contributed by atoms with Crippen molar-refractivity contribution in [3.05, 3.63) is 53.6 Å². The molecule has 0 atom stereocenters. The molecule has 0 radical (unpaired) electrons. The molecule has 1 aliphatic rings. The molecule has 0 unspecified atom stereocenters. The van der Waals surface area contributed by atoms with Crippen LogP contribution < -0.4 is 9.47 Å². The molecule has 112 valence electrons. The van der Waals surface area contributed by atoms with Crippen LogP contribution in [0.1, 0.15) is 15.9 Å². The summed E-state index contributed by atoms with van der Waals surface area (Å²) in [5.41, 5.74) is 1.18. The van der Waals surface area contributed by atoms with Gasteiger partial charge in [-0.15, -0.1) is 0 Å². The molecule has 3 rings (SSSR count). The molecule has 0 amide bonds. The van der Waals surface area contributed by atoms with E-state index in [1.54, 1.807) is 19.3 Å². The Balaban J connectivity index is 1.85. The van der Waals surface area contributed by atoms with Crippen molar-refractivity contribution in [1.82, 2.24) is 0 Å². The summed E-state index contributed by atoms with van der Waals surface area (Å²) in [5.74, 6) is 1.59. The van der Waals surface area contributed by atoms with Crippen LogP contribution in [0.3, 0.4) is 0 Å². The zero-order valence-electron chi connectivity index (χ0n) is 11.9. The van der Waals surface area contributed by atoms with E-state index in [-0.39, 0.29) is 11.5 Å². The Hall–Kier alpha value is -2.40. The highest BCUT2D eigenvalue weighted by Crippen LogP contribution is 2.42. The molecular formula is C17H14O4S. The SMILES string of the molecule is COc1ccc(/C=C/C(=O)c2c(O)ccc3c2SCO3)cc1. The molecule has 0 spiro atoms. The van der Waals surface area contributed by atoms with Crippen LogP contribution >= 0.6 is 11.8 Å². The van der Waals surface area contributed by atoms with Crippen molar-refractivity contribution in [3.63, 3.8) is 0 Å². The van der Waals surface area contributed by atoms with Crippen molar-refractivity contribution in [2.45, 2.75) is 4.90 Å². The summed E-state index contributed by atoms with van der Waals surface area (Å²) in [6.07, 6.45) is 3.16. The Kier molecular flexibility index (Phi) is 4.06. The van der Waals surface area contributed by atoms with E-state index in [9.17, 15) is 9.90 Å². The molecule has 0 bridgehead atoms. The number of hydrogen-bond acceptors (Lipinski definition) is 5. The molecule has 0 fully saturated rings. The van der Waals surface area contributed by atoms with Crippen LogP contribution in [0.15, 0.2) is 47.4 Å². The number of phenolic OH excluding ortho intramolecular Hbond substituents is 1. The number of rotatable bonds is 4. The van der Waals surface area contributed by atoms with E-state index in [0.717, 1.165) is 11.3 Å². The van der Waals surface area contributed by atoms with Gasteiger partial charge in [-0.3, -0.25) is 4.79 Å². The summed E-state index contributed by atoms with van der Waals surface area (Å²) >= 11 is 1.41. The topological polar surface area (TPSA) is 55.8 Å². The molecule has 22 heavy (non-hydrogen) atoms. The minimum atomic E-state index is -0.247. The van der Waals surface area contributed by atoms with Crippen molar-refractivity contribution in [2.24, 2.45) is 0 Å². The van der Waals surface area contributed by atoms with Gasteiger partial charge >= 0.3 is 0 Å². The summed E-state index contributed by atoms with van der Waals surface area (Å²) in [5, 5.41) is 9.97. The lowest BCUT2D eigenvalue weighted by molar-refractivity contribution is 0.104. The molecule has 1 N–H and O–H groups in total. The Morgan fingerprint density at radius 2 is 2.05 bits per heavy atom. The van der Waals surface area contributed by atoms with Gasteiger partial charge in [-0.1, -0.05) is 30.0 Å². The molecule has 0 saturated carbocycles. The van der Waals surface area contributed by atoms with Gasteiger partial charge in [0.15, 0.2) is 5.78 Å². The third-order valence-corrected chi connectivity index (χ3v) is 4.24. The lowest BCUT2D eigenvalue weighted by Gasteiger charge is -2.05. The molecule has 4 nitrogen and oxygen atoms in total. The van der Waals surface area contributed by atoms with Crippen molar-refractivity contribution < 1.29 is 19.4 Å². The summed E-state index contributed by atoms with van der Waals surface area (Å²) in [6.45, 7) is 0. The van der Waals surface area contributed by atoms with Crippen molar-refractivity contribution in [2.75, 3.05) is 13.0 Å². The first kappa shape index (κ1) is 14.5. The van der Waals surface area contributed by atoms with Crippen LogP contribution in [0.2, 0.25) is 0 Å². The minimum absolute atomic E-state index is 0.0267. The second kappa shape index (κ2) is 6.15. The van der Waals surface area contributed by atoms with Crippen LogP contribution in [0.25, 0.3) is 6.08 Å². The number of methoxy groups -OCH3 is 1. The Morgan fingerprint density at radius 3 is 2.77 bits per heavy atom. The summed E-state index contributed by atoms with van der Waals surface area (Å²) in [7, 11) is 1.60. The van der Waals surface area contributed by atoms with E-state index in [1.807, 2.05) is 24.3 Å². The highest BCUT2D eigenvalue weighted by Gasteiger charge is 2.23. The van der Waals surface area contributed by atoms with Gasteiger partial charge in [-0.05, 0) is 35.9 Å². The van der Waals surface area contributed by atoms with Crippen LogP contribution in [0.5, 0.6) is 17.2 Å². The third-order valence-electron chi connectivity index (χ3n) is 3.31. The summed E-state index contributed by atoms with van der Waals surface area (Å²) in [6, 6.07) is 10.5. The Bertz CT molecular complexity index is 735. The van der Waals surface area contributed by atoms with E-state index in [0.29, 0.717) is 22.1 Å². The van der Waals surface area contributed by atoms with Gasteiger partial charge in [0.25, 0.3) is 0 Å². The number of hydrogen-bond donors (Lipinski definition) is 1. The molecule has 0 aliphatic carbocycles. The number of aromatic hydroxyl groups is 1. The number of benzene rings is 2. The zero-order chi connectivity index (χ0) is 15.5. The average Bonchev–Trinajstić information content (AvgIpc) is 3.01. The van der Waals surface area contributed by atoms with Gasteiger partial charge in [0.2, 0.25) is 0 Å². The van der Waals surface area contributed by atoms with Gasteiger partial charge in [0, 0.05) is 0 Å². The fourth-order valence-corrected chi connectivity index (χ4v) is 3.09. The molecule has 0 aromatic heterocycles. The fourth-order valence-electron chi connectivity index (χ4n) is 2.17. The Morgan fingerprint density at radius 1 is 1.27 bits per heavy atom. The normalized spacial score (nSPS) is 13.0. The third kappa shape index (κ3) is 2.80. The number of phenols is 1. The minimum Gasteiger partial charge on any atom is -0.507 e. The Labute approximate surface area is 132 Å². The van der Waals surface area contributed by atoms with Crippen molar-refractivity contribution in [1.29, 1.82) is 0 Å². The predicted octanol–water partition coefficient (Wildman–Crippen LogP) is 3.74. The van der Waals surface area contributed by atoms with E-state index >= 15 is 0 Å². The highest BCUT2D eigenvalue weighted by molar-refractivity contribution is 7.99. The quantitative estimate of drug-likeness (QED) is 0.688. The first-order valence-corrected chi connectivity index (χ1v) is 7.65. The van der Waals surface area contributed by atoms with Crippen LogP contribution in [0, 0.1) is 0 Å². The molecule has 5 heteroatoms.